The average molecular weight is 289 g/mol. The second-order valence-electron chi connectivity index (χ2n) is 5.07. The number of aromatic nitrogens is 1. The van der Waals surface area contributed by atoms with Gasteiger partial charge >= 0.3 is 0 Å². The molecule has 0 aliphatic carbocycles. The van der Waals surface area contributed by atoms with E-state index in [1.54, 1.807) is 6.20 Å². The van der Waals surface area contributed by atoms with Crippen LogP contribution in [-0.4, -0.2) is 30.3 Å². The molecule has 0 aliphatic rings. The maximum atomic E-state index is 8.94. The quantitative estimate of drug-likeness (QED) is 0.820. The van der Waals surface area contributed by atoms with Crippen LogP contribution in [0.2, 0.25) is 0 Å². The number of anilines is 2. The van der Waals surface area contributed by atoms with E-state index >= 15 is 0 Å². The van der Waals surface area contributed by atoms with Crippen LogP contribution in [0, 0.1) is 0 Å². The standard InChI is InChI=1S/C16H23N3O2/c1-4-14-6-7-15(21-14)12(2)18-16-8-5-13(11-17-16)19(3)9-10-20/h5-8,11-12,20H,4,9-10H2,1-3H3,(H,17,18). The van der Waals surface area contributed by atoms with Gasteiger partial charge in [0.15, 0.2) is 0 Å². The molecule has 2 rings (SSSR count). The Hall–Kier alpha value is -2.01. The summed E-state index contributed by atoms with van der Waals surface area (Å²) in [4.78, 5) is 6.36. The average Bonchev–Trinajstić information content (AvgIpc) is 2.97. The number of likely N-dealkylation sites (N-methyl/N-ethyl adjacent to an activating group) is 1. The van der Waals surface area contributed by atoms with Gasteiger partial charge in [-0.05, 0) is 31.2 Å². The molecule has 0 aromatic carbocycles. The molecule has 2 aromatic heterocycles. The van der Waals surface area contributed by atoms with Gasteiger partial charge in [-0.2, -0.15) is 0 Å². The van der Waals surface area contributed by atoms with Crippen molar-refractivity contribution in [1.82, 2.24) is 4.98 Å². The van der Waals surface area contributed by atoms with Crippen LogP contribution in [0.3, 0.4) is 0 Å². The molecule has 0 aliphatic heterocycles. The van der Waals surface area contributed by atoms with Crippen molar-refractivity contribution in [3.8, 4) is 0 Å². The zero-order valence-electron chi connectivity index (χ0n) is 12.8. The van der Waals surface area contributed by atoms with Crippen LogP contribution in [0.15, 0.2) is 34.9 Å². The number of aliphatic hydroxyl groups is 1. The third-order valence-corrected chi connectivity index (χ3v) is 3.45. The molecular weight excluding hydrogens is 266 g/mol. The number of nitrogens with zero attached hydrogens (tertiary/aromatic N) is 2. The van der Waals surface area contributed by atoms with Crippen molar-refractivity contribution in [3.05, 3.63) is 42.0 Å². The van der Waals surface area contributed by atoms with Crippen LogP contribution in [0.25, 0.3) is 0 Å². The first-order valence-electron chi connectivity index (χ1n) is 7.27. The zero-order chi connectivity index (χ0) is 15.2. The smallest absolute Gasteiger partial charge is 0.126 e. The van der Waals surface area contributed by atoms with Crippen LogP contribution < -0.4 is 10.2 Å². The Morgan fingerprint density at radius 2 is 2.14 bits per heavy atom. The summed E-state index contributed by atoms with van der Waals surface area (Å²) in [6.45, 7) is 4.85. The van der Waals surface area contributed by atoms with Crippen LogP contribution in [0.4, 0.5) is 11.5 Å². The van der Waals surface area contributed by atoms with E-state index in [1.807, 2.05) is 43.1 Å². The first-order chi connectivity index (χ1) is 10.1. The van der Waals surface area contributed by atoms with Gasteiger partial charge in [0.05, 0.1) is 24.5 Å². The van der Waals surface area contributed by atoms with Crippen molar-refractivity contribution in [2.45, 2.75) is 26.3 Å². The molecule has 0 saturated heterocycles. The van der Waals surface area contributed by atoms with Crippen molar-refractivity contribution in [3.63, 3.8) is 0 Å². The molecule has 1 atom stereocenters. The maximum absolute atomic E-state index is 8.94. The Labute approximate surface area is 125 Å². The molecule has 0 spiro atoms. The van der Waals surface area contributed by atoms with E-state index in [9.17, 15) is 0 Å². The topological polar surface area (TPSA) is 61.5 Å². The maximum Gasteiger partial charge on any atom is 0.126 e. The van der Waals surface area contributed by atoms with Gasteiger partial charge in [0, 0.05) is 20.0 Å². The van der Waals surface area contributed by atoms with Crippen LogP contribution in [-0.2, 0) is 6.42 Å². The molecule has 2 aromatic rings. The highest BCUT2D eigenvalue weighted by Gasteiger charge is 2.10. The lowest BCUT2D eigenvalue weighted by Crippen LogP contribution is -2.21. The Morgan fingerprint density at radius 1 is 1.33 bits per heavy atom. The van der Waals surface area contributed by atoms with E-state index < -0.39 is 0 Å². The number of nitrogens with one attached hydrogen (secondary N) is 1. The van der Waals surface area contributed by atoms with Crippen molar-refractivity contribution < 1.29 is 9.52 Å². The third-order valence-electron chi connectivity index (χ3n) is 3.45. The highest BCUT2D eigenvalue weighted by atomic mass is 16.3. The summed E-state index contributed by atoms with van der Waals surface area (Å²) in [7, 11) is 1.93. The van der Waals surface area contributed by atoms with Gasteiger partial charge in [-0.15, -0.1) is 0 Å². The summed E-state index contributed by atoms with van der Waals surface area (Å²) in [5, 5.41) is 12.3. The predicted molar refractivity (Wildman–Crippen MR) is 84.7 cm³/mol. The van der Waals surface area contributed by atoms with E-state index in [2.05, 4.69) is 17.2 Å². The molecule has 2 N–H and O–H groups in total. The van der Waals surface area contributed by atoms with E-state index in [0.717, 1.165) is 29.4 Å². The number of hydrogen-bond donors (Lipinski definition) is 2. The third kappa shape index (κ3) is 3.98. The molecule has 0 fully saturated rings. The van der Waals surface area contributed by atoms with Gasteiger partial charge in [-0.3, -0.25) is 0 Å². The Balaban J connectivity index is 1.99. The molecule has 0 saturated carbocycles. The van der Waals surface area contributed by atoms with Crippen molar-refractivity contribution >= 4 is 11.5 Å². The van der Waals surface area contributed by atoms with E-state index in [0.29, 0.717) is 6.54 Å². The molecular formula is C16H23N3O2. The normalized spacial score (nSPS) is 12.2. The molecule has 21 heavy (non-hydrogen) atoms. The fourth-order valence-corrected chi connectivity index (χ4v) is 2.09. The second kappa shape index (κ2) is 7.13. The summed E-state index contributed by atoms with van der Waals surface area (Å²) < 4.78 is 5.73. The van der Waals surface area contributed by atoms with Gasteiger partial charge in [0.25, 0.3) is 0 Å². The first-order valence-corrected chi connectivity index (χ1v) is 7.27. The number of aryl methyl sites for hydroxylation is 1. The van der Waals surface area contributed by atoms with Crippen molar-refractivity contribution in [1.29, 1.82) is 0 Å². The van der Waals surface area contributed by atoms with Crippen molar-refractivity contribution in [2.24, 2.45) is 0 Å². The summed E-state index contributed by atoms with van der Waals surface area (Å²) in [5.41, 5.74) is 0.980. The fourth-order valence-electron chi connectivity index (χ4n) is 2.09. The molecule has 5 nitrogen and oxygen atoms in total. The highest BCUT2D eigenvalue weighted by molar-refractivity contribution is 5.49. The lowest BCUT2D eigenvalue weighted by Gasteiger charge is -2.18. The number of furan rings is 1. The molecule has 2 heterocycles. The van der Waals surface area contributed by atoms with Gasteiger partial charge in [-0.25, -0.2) is 4.98 Å². The summed E-state index contributed by atoms with van der Waals surface area (Å²) in [6, 6.07) is 7.99. The first kappa shape index (κ1) is 15.4. The fraction of sp³-hybridized carbons (Fsp3) is 0.438. The van der Waals surface area contributed by atoms with Gasteiger partial charge in [0.1, 0.15) is 17.3 Å². The van der Waals surface area contributed by atoms with E-state index in [1.165, 1.54) is 0 Å². The Morgan fingerprint density at radius 3 is 2.71 bits per heavy atom. The molecule has 1 unspecified atom stereocenters. The van der Waals surface area contributed by atoms with Gasteiger partial charge in [0.2, 0.25) is 0 Å². The molecule has 0 radical (unpaired) electrons. The number of pyridine rings is 1. The molecule has 114 valence electrons. The summed E-state index contributed by atoms with van der Waals surface area (Å²) >= 11 is 0. The number of aliphatic hydroxyl groups excluding tert-OH is 1. The Kier molecular flexibility index (Phi) is 5.22. The van der Waals surface area contributed by atoms with Gasteiger partial charge < -0.3 is 19.7 Å². The molecule has 0 amide bonds. The van der Waals surface area contributed by atoms with Gasteiger partial charge in [-0.1, -0.05) is 6.92 Å². The second-order valence-corrected chi connectivity index (χ2v) is 5.07. The molecule has 5 heteroatoms. The minimum absolute atomic E-state index is 0.0684. The monoisotopic (exact) mass is 289 g/mol. The predicted octanol–water partition coefficient (Wildman–Crippen LogP) is 2.84. The zero-order valence-corrected chi connectivity index (χ0v) is 12.8. The summed E-state index contributed by atoms with van der Waals surface area (Å²) in [6.07, 6.45) is 2.70. The molecule has 0 bridgehead atoms. The lowest BCUT2D eigenvalue weighted by molar-refractivity contribution is 0.304. The van der Waals surface area contributed by atoms with E-state index in [-0.39, 0.29) is 12.6 Å². The van der Waals surface area contributed by atoms with E-state index in [4.69, 9.17) is 9.52 Å². The minimum Gasteiger partial charge on any atom is -0.464 e. The van der Waals surface area contributed by atoms with Crippen molar-refractivity contribution in [2.75, 3.05) is 30.4 Å². The Bertz CT molecular complexity index is 551. The van der Waals surface area contributed by atoms with Crippen LogP contribution in [0.1, 0.15) is 31.4 Å². The highest BCUT2D eigenvalue weighted by Crippen LogP contribution is 2.21. The number of hydrogen-bond acceptors (Lipinski definition) is 5. The summed E-state index contributed by atoms with van der Waals surface area (Å²) in [5.74, 6) is 2.71. The lowest BCUT2D eigenvalue weighted by atomic mass is 10.2. The largest absolute Gasteiger partial charge is 0.464 e. The van der Waals surface area contributed by atoms with Crippen LogP contribution in [0.5, 0.6) is 0 Å². The number of rotatable bonds is 7. The SMILES string of the molecule is CCc1ccc(C(C)Nc2ccc(N(C)CCO)cn2)o1. The van der Waals surface area contributed by atoms with Crippen LogP contribution >= 0.6 is 0 Å². The minimum atomic E-state index is 0.0684.